The van der Waals surface area contributed by atoms with Gasteiger partial charge in [0.1, 0.15) is 0 Å². The highest BCUT2D eigenvalue weighted by Crippen LogP contribution is 2.46. The average molecular weight is 366 g/mol. The summed E-state index contributed by atoms with van der Waals surface area (Å²) in [5.41, 5.74) is 0.634. The number of nitrogens with zero attached hydrogens (tertiary/aromatic N) is 1. The first-order valence-electron chi connectivity index (χ1n) is 7.82. The number of halogens is 1. The van der Waals surface area contributed by atoms with Crippen molar-refractivity contribution in [1.82, 2.24) is 4.90 Å². The maximum atomic E-state index is 13.1. The fraction of sp³-hybridized carbons (Fsp3) is 0.529. The minimum absolute atomic E-state index is 0.0577. The molecule has 2 aliphatic rings. The number of carbonyl (C=O) groups is 2. The molecule has 1 saturated heterocycles. The smallest absolute Gasteiger partial charge is 0.305 e. The molecular weight excluding hydrogens is 346 g/mol. The van der Waals surface area contributed by atoms with Crippen LogP contribution in [0, 0.1) is 0 Å². The van der Waals surface area contributed by atoms with Gasteiger partial charge in [-0.25, -0.2) is 0 Å². The van der Waals surface area contributed by atoms with E-state index < -0.39 is 11.4 Å². The number of aliphatic carboxylic acids is 1. The van der Waals surface area contributed by atoms with Crippen molar-refractivity contribution in [2.24, 2.45) is 0 Å². The van der Waals surface area contributed by atoms with Crippen molar-refractivity contribution in [3.05, 3.63) is 34.3 Å². The molecule has 2 fully saturated rings. The Kier molecular flexibility index (Phi) is 4.26. The average Bonchev–Trinajstić information content (AvgIpc) is 2.86. The van der Waals surface area contributed by atoms with Crippen LogP contribution in [0.1, 0.15) is 44.1 Å². The molecule has 1 saturated carbocycles. The summed E-state index contributed by atoms with van der Waals surface area (Å²) < 4.78 is 1.00. The van der Waals surface area contributed by atoms with Gasteiger partial charge in [-0.05, 0) is 43.4 Å². The van der Waals surface area contributed by atoms with Gasteiger partial charge in [-0.1, -0.05) is 34.5 Å². The molecule has 0 spiro atoms. The second-order valence-corrected chi connectivity index (χ2v) is 7.25. The molecule has 0 aromatic heterocycles. The van der Waals surface area contributed by atoms with Crippen molar-refractivity contribution < 1.29 is 14.7 Å². The Balaban J connectivity index is 1.85. The predicted octanol–water partition coefficient (Wildman–Crippen LogP) is 3.34. The zero-order valence-corrected chi connectivity index (χ0v) is 14.0. The van der Waals surface area contributed by atoms with Crippen LogP contribution in [0.2, 0.25) is 0 Å². The molecule has 1 amide bonds. The summed E-state index contributed by atoms with van der Waals surface area (Å²) in [5.74, 6) is -0.694. The van der Waals surface area contributed by atoms with Gasteiger partial charge in [0.05, 0.1) is 11.8 Å². The summed E-state index contributed by atoms with van der Waals surface area (Å²) in [6.07, 6.45) is 4.55. The van der Waals surface area contributed by atoms with Crippen LogP contribution in [0.5, 0.6) is 0 Å². The predicted molar refractivity (Wildman–Crippen MR) is 86.7 cm³/mol. The molecule has 1 aromatic carbocycles. The van der Waals surface area contributed by atoms with E-state index in [-0.39, 0.29) is 18.4 Å². The quantitative estimate of drug-likeness (QED) is 0.889. The summed E-state index contributed by atoms with van der Waals surface area (Å²) in [4.78, 5) is 26.0. The number of hydrogen-bond acceptors (Lipinski definition) is 2. The molecule has 1 unspecified atom stereocenters. The van der Waals surface area contributed by atoms with Gasteiger partial charge in [0.25, 0.3) is 0 Å². The van der Waals surface area contributed by atoms with E-state index in [1.807, 2.05) is 29.2 Å². The van der Waals surface area contributed by atoms with Crippen LogP contribution in [-0.4, -0.2) is 34.5 Å². The highest BCUT2D eigenvalue weighted by Gasteiger charge is 2.49. The number of likely N-dealkylation sites (tertiary alicyclic amines) is 1. The molecule has 1 aliphatic heterocycles. The van der Waals surface area contributed by atoms with Crippen LogP contribution in [0.15, 0.2) is 28.7 Å². The Morgan fingerprint density at radius 1 is 1.23 bits per heavy atom. The lowest BCUT2D eigenvalue weighted by Crippen LogP contribution is -2.52. The topological polar surface area (TPSA) is 57.6 Å². The molecule has 22 heavy (non-hydrogen) atoms. The molecule has 0 bridgehead atoms. The zero-order valence-electron chi connectivity index (χ0n) is 12.4. The van der Waals surface area contributed by atoms with Gasteiger partial charge in [-0.15, -0.1) is 0 Å². The number of hydrogen-bond donors (Lipinski definition) is 1. The second kappa shape index (κ2) is 6.03. The molecule has 1 aliphatic carbocycles. The summed E-state index contributed by atoms with van der Waals surface area (Å²) in [6, 6.07) is 7.84. The fourth-order valence-corrected chi connectivity index (χ4v) is 3.98. The normalized spacial score (nSPS) is 23.1. The van der Waals surface area contributed by atoms with Crippen LogP contribution in [0.4, 0.5) is 0 Å². The van der Waals surface area contributed by atoms with Gasteiger partial charge in [0.15, 0.2) is 0 Å². The van der Waals surface area contributed by atoms with Crippen molar-refractivity contribution in [2.75, 3.05) is 6.54 Å². The Hall–Kier alpha value is -1.36. The largest absolute Gasteiger partial charge is 0.481 e. The monoisotopic (exact) mass is 365 g/mol. The van der Waals surface area contributed by atoms with E-state index >= 15 is 0 Å². The Bertz CT molecular complexity index is 580. The van der Waals surface area contributed by atoms with E-state index in [0.29, 0.717) is 6.54 Å². The number of carboxylic acid groups (broad SMARTS) is 1. The SMILES string of the molecule is O=C(O)CC1CCCN1C(=O)C1(c2ccc(Br)cc2)CCC1. The van der Waals surface area contributed by atoms with E-state index in [1.54, 1.807) is 0 Å². The number of carboxylic acids is 1. The van der Waals surface area contributed by atoms with Crippen molar-refractivity contribution in [3.8, 4) is 0 Å². The van der Waals surface area contributed by atoms with Gasteiger partial charge in [-0.2, -0.15) is 0 Å². The van der Waals surface area contributed by atoms with E-state index in [0.717, 1.165) is 42.1 Å². The molecule has 4 nitrogen and oxygen atoms in total. The van der Waals surface area contributed by atoms with Gasteiger partial charge in [0.2, 0.25) is 5.91 Å². The summed E-state index contributed by atoms with van der Waals surface area (Å²) in [7, 11) is 0. The lowest BCUT2D eigenvalue weighted by atomic mass is 9.63. The van der Waals surface area contributed by atoms with Crippen molar-refractivity contribution >= 4 is 27.8 Å². The first kappa shape index (κ1) is 15.5. The third-order valence-corrected chi connectivity index (χ3v) is 5.59. The fourth-order valence-electron chi connectivity index (χ4n) is 3.72. The van der Waals surface area contributed by atoms with Crippen LogP contribution < -0.4 is 0 Å². The minimum atomic E-state index is -0.823. The van der Waals surface area contributed by atoms with Crippen LogP contribution in [0.3, 0.4) is 0 Å². The highest BCUT2D eigenvalue weighted by atomic mass is 79.9. The molecule has 1 aromatic rings. The number of amides is 1. The van der Waals surface area contributed by atoms with Gasteiger partial charge in [0, 0.05) is 17.1 Å². The summed E-state index contributed by atoms with van der Waals surface area (Å²) in [5, 5.41) is 9.05. The van der Waals surface area contributed by atoms with E-state index in [1.165, 1.54) is 0 Å². The van der Waals surface area contributed by atoms with E-state index in [2.05, 4.69) is 15.9 Å². The maximum absolute atomic E-state index is 13.1. The van der Waals surface area contributed by atoms with Crippen LogP contribution >= 0.6 is 15.9 Å². The van der Waals surface area contributed by atoms with Gasteiger partial charge in [-0.3, -0.25) is 9.59 Å². The number of carbonyl (C=O) groups excluding carboxylic acids is 1. The second-order valence-electron chi connectivity index (χ2n) is 6.34. The lowest BCUT2D eigenvalue weighted by molar-refractivity contribution is -0.144. The van der Waals surface area contributed by atoms with E-state index in [4.69, 9.17) is 5.11 Å². The zero-order chi connectivity index (χ0) is 15.7. The first-order chi connectivity index (χ1) is 10.5. The van der Waals surface area contributed by atoms with Crippen molar-refractivity contribution in [1.29, 1.82) is 0 Å². The molecule has 0 radical (unpaired) electrons. The molecule has 1 atom stereocenters. The summed E-state index contributed by atoms with van der Waals surface area (Å²) in [6.45, 7) is 0.690. The summed E-state index contributed by atoms with van der Waals surface area (Å²) >= 11 is 3.43. The Labute approximate surface area is 138 Å². The maximum Gasteiger partial charge on any atom is 0.305 e. The molecule has 1 N–H and O–H groups in total. The van der Waals surface area contributed by atoms with Crippen LogP contribution in [-0.2, 0) is 15.0 Å². The van der Waals surface area contributed by atoms with E-state index in [9.17, 15) is 9.59 Å². The Morgan fingerprint density at radius 3 is 2.45 bits per heavy atom. The van der Waals surface area contributed by atoms with Gasteiger partial charge >= 0.3 is 5.97 Å². The van der Waals surface area contributed by atoms with Crippen molar-refractivity contribution in [3.63, 3.8) is 0 Å². The third kappa shape index (κ3) is 2.67. The first-order valence-corrected chi connectivity index (χ1v) is 8.61. The Morgan fingerprint density at radius 2 is 1.91 bits per heavy atom. The minimum Gasteiger partial charge on any atom is -0.481 e. The van der Waals surface area contributed by atoms with Crippen LogP contribution in [0.25, 0.3) is 0 Å². The standard InChI is InChI=1S/C17H20BrNO3/c18-13-6-4-12(5-7-13)17(8-2-9-17)16(22)19-10-1-3-14(19)11-15(20)21/h4-7,14H,1-3,8-11H2,(H,20,21). The lowest BCUT2D eigenvalue weighted by Gasteiger charge is -2.44. The van der Waals surface area contributed by atoms with Gasteiger partial charge < -0.3 is 10.0 Å². The molecule has 3 rings (SSSR count). The number of benzene rings is 1. The van der Waals surface area contributed by atoms with Crippen molar-refractivity contribution in [2.45, 2.75) is 50.0 Å². The molecule has 1 heterocycles. The molecule has 118 valence electrons. The number of rotatable bonds is 4. The third-order valence-electron chi connectivity index (χ3n) is 5.06. The molecule has 5 heteroatoms. The highest BCUT2D eigenvalue weighted by molar-refractivity contribution is 9.10. The molecular formula is C17H20BrNO3.